The van der Waals surface area contributed by atoms with Gasteiger partial charge >= 0.3 is 0 Å². The van der Waals surface area contributed by atoms with Crippen LogP contribution in [0.3, 0.4) is 0 Å². The molecule has 2 rings (SSSR count). The van der Waals surface area contributed by atoms with Crippen molar-refractivity contribution in [1.29, 1.82) is 0 Å². The van der Waals surface area contributed by atoms with Gasteiger partial charge in [0.1, 0.15) is 0 Å². The van der Waals surface area contributed by atoms with Crippen molar-refractivity contribution < 1.29 is 10.2 Å². The first-order valence-corrected chi connectivity index (χ1v) is 6.94. The van der Waals surface area contributed by atoms with E-state index in [-0.39, 0.29) is 13.2 Å². The van der Waals surface area contributed by atoms with Crippen molar-refractivity contribution in [3.05, 3.63) is 0 Å². The Bertz CT molecular complexity index is 418. The minimum Gasteiger partial charge on any atom is -0.395 e. The summed E-state index contributed by atoms with van der Waals surface area (Å²) in [7, 11) is 1.76. The second-order valence-corrected chi connectivity index (χ2v) is 4.64. The predicted octanol–water partition coefficient (Wildman–Crippen LogP) is -0.695. The van der Waals surface area contributed by atoms with E-state index < -0.39 is 0 Å². The fraction of sp³-hybridized carbons (Fsp3) is 0.750. The summed E-state index contributed by atoms with van der Waals surface area (Å²) in [6, 6.07) is 0. The molecule has 1 aromatic rings. The normalized spacial score (nSPS) is 14.7. The molecule has 0 atom stereocenters. The Balaban J connectivity index is 2.27. The standard InChI is InChI=1S/C12H22N6O2/c1-13-10-14-11(17-4-2-3-5-17)16-12(15-10)18(6-8-19)7-9-20/h19-20H,2-9H2,1H3,(H,13,14,15,16). The Morgan fingerprint density at radius 2 is 1.75 bits per heavy atom. The molecule has 8 heteroatoms. The molecule has 1 fully saturated rings. The Labute approximate surface area is 118 Å². The molecule has 2 heterocycles. The zero-order valence-corrected chi connectivity index (χ0v) is 11.8. The largest absolute Gasteiger partial charge is 0.395 e. The van der Waals surface area contributed by atoms with Crippen LogP contribution in [-0.2, 0) is 0 Å². The van der Waals surface area contributed by atoms with Crippen LogP contribution in [0.4, 0.5) is 17.8 Å². The summed E-state index contributed by atoms with van der Waals surface area (Å²) in [6.45, 7) is 2.64. The highest BCUT2D eigenvalue weighted by Gasteiger charge is 2.19. The van der Waals surface area contributed by atoms with Gasteiger partial charge in [0.25, 0.3) is 0 Å². The fourth-order valence-corrected chi connectivity index (χ4v) is 2.22. The SMILES string of the molecule is CNc1nc(N(CCO)CCO)nc(N2CCCC2)n1. The number of nitrogens with zero attached hydrogens (tertiary/aromatic N) is 5. The van der Waals surface area contributed by atoms with Crippen molar-refractivity contribution in [3.63, 3.8) is 0 Å². The van der Waals surface area contributed by atoms with Crippen LogP contribution >= 0.6 is 0 Å². The van der Waals surface area contributed by atoms with Crippen LogP contribution in [0.25, 0.3) is 0 Å². The molecule has 8 nitrogen and oxygen atoms in total. The molecule has 1 aliphatic rings. The summed E-state index contributed by atoms with van der Waals surface area (Å²) in [5, 5.41) is 21.2. The molecule has 0 saturated carbocycles. The molecule has 1 aliphatic heterocycles. The Kier molecular flexibility index (Phi) is 5.31. The molecule has 0 unspecified atom stereocenters. The predicted molar refractivity (Wildman–Crippen MR) is 77.2 cm³/mol. The number of hydrogen-bond acceptors (Lipinski definition) is 8. The van der Waals surface area contributed by atoms with E-state index in [0.717, 1.165) is 25.9 Å². The van der Waals surface area contributed by atoms with E-state index in [4.69, 9.17) is 10.2 Å². The summed E-state index contributed by atoms with van der Waals surface area (Å²) in [5.74, 6) is 1.63. The first-order chi connectivity index (χ1) is 9.78. The number of aromatic nitrogens is 3. The number of aliphatic hydroxyl groups is 2. The van der Waals surface area contributed by atoms with E-state index in [1.807, 2.05) is 0 Å². The van der Waals surface area contributed by atoms with Gasteiger partial charge in [-0.05, 0) is 12.8 Å². The van der Waals surface area contributed by atoms with Gasteiger partial charge in [-0.3, -0.25) is 0 Å². The Hall–Kier alpha value is -1.67. The van der Waals surface area contributed by atoms with Crippen molar-refractivity contribution in [1.82, 2.24) is 15.0 Å². The molecule has 3 N–H and O–H groups in total. The second kappa shape index (κ2) is 7.20. The molecule has 112 valence electrons. The first-order valence-electron chi connectivity index (χ1n) is 6.94. The first kappa shape index (κ1) is 14.7. The molecule has 0 aromatic carbocycles. The van der Waals surface area contributed by atoms with Crippen LogP contribution in [0.5, 0.6) is 0 Å². The highest BCUT2D eigenvalue weighted by atomic mass is 16.3. The summed E-state index contributed by atoms with van der Waals surface area (Å²) < 4.78 is 0. The number of nitrogens with one attached hydrogen (secondary N) is 1. The molecule has 0 amide bonds. The van der Waals surface area contributed by atoms with Gasteiger partial charge in [0.15, 0.2) is 0 Å². The van der Waals surface area contributed by atoms with Crippen molar-refractivity contribution in [2.45, 2.75) is 12.8 Å². The summed E-state index contributed by atoms with van der Waals surface area (Å²) in [6.07, 6.45) is 2.29. The fourth-order valence-electron chi connectivity index (χ4n) is 2.22. The molecule has 1 saturated heterocycles. The molecule has 0 spiro atoms. The van der Waals surface area contributed by atoms with Gasteiger partial charge in [0, 0.05) is 33.2 Å². The zero-order chi connectivity index (χ0) is 14.4. The van der Waals surface area contributed by atoms with Crippen molar-refractivity contribution in [2.75, 3.05) is 61.6 Å². The summed E-state index contributed by atoms with van der Waals surface area (Å²) in [4.78, 5) is 17.0. The Morgan fingerprint density at radius 1 is 1.10 bits per heavy atom. The molecule has 20 heavy (non-hydrogen) atoms. The van der Waals surface area contributed by atoms with E-state index in [2.05, 4.69) is 25.2 Å². The highest BCUT2D eigenvalue weighted by molar-refractivity contribution is 5.45. The van der Waals surface area contributed by atoms with Crippen molar-refractivity contribution >= 4 is 17.8 Å². The molecule has 1 aromatic heterocycles. The van der Waals surface area contributed by atoms with Crippen molar-refractivity contribution in [2.24, 2.45) is 0 Å². The third-order valence-electron chi connectivity index (χ3n) is 3.25. The summed E-state index contributed by atoms with van der Waals surface area (Å²) in [5.41, 5.74) is 0. The van der Waals surface area contributed by atoms with Crippen LogP contribution in [0.1, 0.15) is 12.8 Å². The number of anilines is 3. The second-order valence-electron chi connectivity index (χ2n) is 4.64. The third-order valence-corrected chi connectivity index (χ3v) is 3.25. The van der Waals surface area contributed by atoms with E-state index in [1.165, 1.54) is 0 Å². The van der Waals surface area contributed by atoms with Crippen LogP contribution in [0.2, 0.25) is 0 Å². The molecule has 0 radical (unpaired) electrons. The molecular weight excluding hydrogens is 260 g/mol. The van der Waals surface area contributed by atoms with Crippen LogP contribution in [0.15, 0.2) is 0 Å². The summed E-state index contributed by atoms with van der Waals surface area (Å²) >= 11 is 0. The lowest BCUT2D eigenvalue weighted by molar-refractivity contribution is 0.280. The maximum Gasteiger partial charge on any atom is 0.232 e. The van der Waals surface area contributed by atoms with E-state index in [9.17, 15) is 0 Å². The van der Waals surface area contributed by atoms with Gasteiger partial charge < -0.3 is 25.3 Å². The maximum absolute atomic E-state index is 9.11. The smallest absolute Gasteiger partial charge is 0.232 e. The molecular formula is C12H22N6O2. The number of rotatable bonds is 7. The lowest BCUT2D eigenvalue weighted by Gasteiger charge is -2.23. The van der Waals surface area contributed by atoms with E-state index in [0.29, 0.717) is 30.9 Å². The Morgan fingerprint density at radius 3 is 2.30 bits per heavy atom. The van der Waals surface area contributed by atoms with Crippen LogP contribution in [-0.4, -0.2) is 71.6 Å². The molecule has 0 aliphatic carbocycles. The topological polar surface area (TPSA) is 97.6 Å². The lowest BCUT2D eigenvalue weighted by atomic mass is 10.4. The average Bonchev–Trinajstić information content (AvgIpc) is 3.01. The van der Waals surface area contributed by atoms with Gasteiger partial charge in [-0.1, -0.05) is 0 Å². The van der Waals surface area contributed by atoms with Gasteiger partial charge in [-0.2, -0.15) is 15.0 Å². The van der Waals surface area contributed by atoms with Gasteiger partial charge in [0.2, 0.25) is 17.8 Å². The average molecular weight is 282 g/mol. The van der Waals surface area contributed by atoms with Gasteiger partial charge in [0.05, 0.1) is 13.2 Å². The number of aliphatic hydroxyl groups excluding tert-OH is 2. The van der Waals surface area contributed by atoms with Crippen LogP contribution < -0.4 is 15.1 Å². The lowest BCUT2D eigenvalue weighted by Crippen LogP contribution is -2.32. The minimum atomic E-state index is -0.0143. The van der Waals surface area contributed by atoms with E-state index in [1.54, 1.807) is 11.9 Å². The quantitative estimate of drug-likeness (QED) is 0.604. The van der Waals surface area contributed by atoms with Gasteiger partial charge in [-0.15, -0.1) is 0 Å². The zero-order valence-electron chi connectivity index (χ0n) is 11.8. The monoisotopic (exact) mass is 282 g/mol. The van der Waals surface area contributed by atoms with Crippen LogP contribution in [0, 0.1) is 0 Å². The maximum atomic E-state index is 9.11. The third kappa shape index (κ3) is 3.45. The highest BCUT2D eigenvalue weighted by Crippen LogP contribution is 2.20. The van der Waals surface area contributed by atoms with Gasteiger partial charge in [-0.25, -0.2) is 0 Å². The molecule has 0 bridgehead atoms. The number of hydrogen-bond donors (Lipinski definition) is 3. The van der Waals surface area contributed by atoms with Crippen molar-refractivity contribution in [3.8, 4) is 0 Å². The van der Waals surface area contributed by atoms with E-state index >= 15 is 0 Å². The minimum absolute atomic E-state index is 0.0143.